The second-order valence-electron chi connectivity index (χ2n) is 4.10. The summed E-state index contributed by atoms with van der Waals surface area (Å²) in [6.07, 6.45) is 1.91. The van der Waals surface area contributed by atoms with Crippen molar-refractivity contribution in [2.24, 2.45) is 0 Å². The Kier molecular flexibility index (Phi) is 5.25. The lowest BCUT2D eigenvalue weighted by Crippen LogP contribution is -2.50. The zero-order valence-corrected chi connectivity index (χ0v) is 10.1. The second-order valence-corrected chi connectivity index (χ2v) is 4.10. The number of rotatable bonds is 5. The number of nitrogens with zero attached hydrogens (tertiary/aromatic N) is 2. The second kappa shape index (κ2) is 6.48. The fourth-order valence-electron chi connectivity index (χ4n) is 1.50. The molecule has 0 aromatic carbocycles. The zero-order valence-electron chi connectivity index (χ0n) is 10.1. The minimum Gasteiger partial charge on any atom is -0.465 e. The molecule has 0 bridgehead atoms. The molecule has 0 aromatic rings. The fraction of sp³-hybridized carbons (Fsp3) is 0.818. The predicted octanol–water partition coefficient (Wildman–Crippen LogP) is 0.104. The van der Waals surface area contributed by atoms with Gasteiger partial charge in [0.25, 0.3) is 0 Å². The highest BCUT2D eigenvalue weighted by Crippen LogP contribution is 2.01. The molecule has 1 fully saturated rings. The number of hydrogen-bond acceptors (Lipinski definition) is 4. The van der Waals surface area contributed by atoms with Gasteiger partial charge in [-0.1, -0.05) is 13.3 Å². The van der Waals surface area contributed by atoms with Gasteiger partial charge < -0.3 is 9.64 Å². The number of carbonyl (C=O) groups is 2. The van der Waals surface area contributed by atoms with E-state index in [2.05, 4.69) is 0 Å². The molecule has 0 unspecified atom stereocenters. The van der Waals surface area contributed by atoms with Crippen molar-refractivity contribution in [3.05, 3.63) is 0 Å². The number of piperazine rings is 1. The number of hydrogen-bond donors (Lipinski definition) is 0. The van der Waals surface area contributed by atoms with Gasteiger partial charge in [-0.05, 0) is 6.42 Å². The minimum absolute atomic E-state index is 0.0626. The van der Waals surface area contributed by atoms with Crippen molar-refractivity contribution in [1.29, 1.82) is 0 Å². The van der Waals surface area contributed by atoms with Crippen LogP contribution in [0.1, 0.15) is 19.8 Å². The Hall–Kier alpha value is -1.10. The van der Waals surface area contributed by atoms with E-state index < -0.39 is 0 Å². The molecule has 5 heteroatoms. The van der Waals surface area contributed by atoms with Crippen LogP contribution in [-0.2, 0) is 14.3 Å². The topological polar surface area (TPSA) is 49.9 Å². The zero-order chi connectivity index (χ0) is 12.0. The molecule has 1 aliphatic heterocycles. The van der Waals surface area contributed by atoms with Crippen molar-refractivity contribution in [3.8, 4) is 0 Å². The number of esters is 1. The summed E-state index contributed by atoms with van der Waals surface area (Å²) in [5, 5.41) is 0. The first kappa shape index (κ1) is 13.0. The van der Waals surface area contributed by atoms with Gasteiger partial charge in [-0.15, -0.1) is 0 Å². The van der Waals surface area contributed by atoms with Crippen LogP contribution in [0, 0.1) is 0 Å². The largest absolute Gasteiger partial charge is 0.465 e. The minimum atomic E-state index is -0.231. The van der Waals surface area contributed by atoms with E-state index in [4.69, 9.17) is 4.74 Å². The van der Waals surface area contributed by atoms with Gasteiger partial charge >= 0.3 is 5.97 Å². The van der Waals surface area contributed by atoms with Gasteiger partial charge in [-0.25, -0.2) is 0 Å². The number of carbonyl (C=O) groups excluding carboxylic acids is 2. The molecule has 1 rings (SSSR count). The average Bonchev–Trinajstić information content (AvgIpc) is 2.24. The molecule has 0 aromatic heterocycles. The molecule has 16 heavy (non-hydrogen) atoms. The molecule has 0 aliphatic carbocycles. The van der Waals surface area contributed by atoms with Crippen LogP contribution in [0.25, 0.3) is 0 Å². The van der Waals surface area contributed by atoms with Crippen molar-refractivity contribution < 1.29 is 14.3 Å². The van der Waals surface area contributed by atoms with Crippen molar-refractivity contribution >= 4 is 11.9 Å². The van der Waals surface area contributed by atoms with E-state index in [-0.39, 0.29) is 18.4 Å². The summed E-state index contributed by atoms with van der Waals surface area (Å²) in [7, 11) is 1.78. The summed E-state index contributed by atoms with van der Waals surface area (Å²) in [5.74, 6) is -0.168. The number of ether oxygens (including phenoxy) is 1. The van der Waals surface area contributed by atoms with E-state index in [1.165, 1.54) is 0 Å². The molecule has 1 amide bonds. The third kappa shape index (κ3) is 4.18. The van der Waals surface area contributed by atoms with Gasteiger partial charge in [-0.3, -0.25) is 14.5 Å². The van der Waals surface area contributed by atoms with Crippen LogP contribution >= 0.6 is 0 Å². The van der Waals surface area contributed by atoms with E-state index in [1.807, 2.05) is 11.8 Å². The third-order valence-electron chi connectivity index (χ3n) is 2.65. The molecular formula is C11H20N2O3. The van der Waals surface area contributed by atoms with Crippen LogP contribution in [0.15, 0.2) is 0 Å². The molecule has 5 nitrogen and oxygen atoms in total. The van der Waals surface area contributed by atoms with E-state index in [9.17, 15) is 9.59 Å². The van der Waals surface area contributed by atoms with E-state index >= 15 is 0 Å². The van der Waals surface area contributed by atoms with Crippen molar-refractivity contribution in [3.63, 3.8) is 0 Å². The Morgan fingerprint density at radius 1 is 1.44 bits per heavy atom. The fourth-order valence-corrected chi connectivity index (χ4v) is 1.50. The molecule has 0 spiro atoms. The maximum absolute atomic E-state index is 11.4. The number of unbranched alkanes of at least 4 members (excludes halogenated alkanes) is 1. The van der Waals surface area contributed by atoms with Gasteiger partial charge in [0.15, 0.2) is 0 Å². The molecule has 0 atom stereocenters. The molecule has 0 radical (unpaired) electrons. The van der Waals surface area contributed by atoms with Crippen LogP contribution in [0.4, 0.5) is 0 Å². The smallest absolute Gasteiger partial charge is 0.320 e. The lowest BCUT2D eigenvalue weighted by atomic mass is 10.3. The van der Waals surface area contributed by atoms with Gasteiger partial charge in [0, 0.05) is 20.1 Å². The Morgan fingerprint density at radius 2 is 2.19 bits per heavy atom. The van der Waals surface area contributed by atoms with E-state index in [1.54, 1.807) is 11.9 Å². The maximum atomic E-state index is 11.4. The monoisotopic (exact) mass is 228 g/mol. The van der Waals surface area contributed by atoms with Crippen LogP contribution in [0.2, 0.25) is 0 Å². The molecule has 92 valence electrons. The quantitative estimate of drug-likeness (QED) is 0.495. The highest BCUT2D eigenvalue weighted by molar-refractivity contribution is 5.80. The van der Waals surface area contributed by atoms with Crippen molar-refractivity contribution in [2.75, 3.05) is 39.8 Å². The predicted molar refractivity (Wildman–Crippen MR) is 59.9 cm³/mol. The summed E-state index contributed by atoms with van der Waals surface area (Å²) in [4.78, 5) is 26.3. The maximum Gasteiger partial charge on any atom is 0.320 e. The first-order valence-corrected chi connectivity index (χ1v) is 5.75. The van der Waals surface area contributed by atoms with Gasteiger partial charge in [0.1, 0.15) is 0 Å². The summed E-state index contributed by atoms with van der Waals surface area (Å²) in [5.41, 5.74) is 0. The highest BCUT2D eigenvalue weighted by atomic mass is 16.5. The SMILES string of the molecule is CCCCOC(=O)CN1CCN(C)C(=O)C1. The van der Waals surface area contributed by atoms with E-state index in [0.717, 1.165) is 19.4 Å². The molecular weight excluding hydrogens is 208 g/mol. The molecule has 1 saturated heterocycles. The van der Waals surface area contributed by atoms with Crippen LogP contribution in [0.3, 0.4) is 0 Å². The van der Waals surface area contributed by atoms with Gasteiger partial charge in [0.05, 0.1) is 19.7 Å². The van der Waals surface area contributed by atoms with Crippen LogP contribution in [-0.4, -0.2) is 61.5 Å². The summed E-state index contributed by atoms with van der Waals surface area (Å²) < 4.78 is 5.04. The Bertz CT molecular complexity index is 256. The van der Waals surface area contributed by atoms with Gasteiger partial charge in [0.2, 0.25) is 5.91 Å². The molecule has 0 N–H and O–H groups in total. The molecule has 1 heterocycles. The summed E-state index contributed by atoms with van der Waals surface area (Å²) in [6, 6.07) is 0. The van der Waals surface area contributed by atoms with Gasteiger partial charge in [-0.2, -0.15) is 0 Å². The summed E-state index contributed by atoms with van der Waals surface area (Å²) in [6.45, 7) is 4.50. The standard InChI is InChI=1S/C11H20N2O3/c1-3-4-7-16-11(15)9-13-6-5-12(2)10(14)8-13/h3-9H2,1-2H3. The Labute approximate surface area is 96.3 Å². The first-order valence-electron chi connectivity index (χ1n) is 5.75. The van der Waals surface area contributed by atoms with Crippen LogP contribution in [0.5, 0.6) is 0 Å². The van der Waals surface area contributed by atoms with Crippen molar-refractivity contribution in [2.45, 2.75) is 19.8 Å². The third-order valence-corrected chi connectivity index (χ3v) is 2.65. The summed E-state index contributed by atoms with van der Waals surface area (Å²) >= 11 is 0. The Balaban J connectivity index is 2.21. The molecule has 0 saturated carbocycles. The average molecular weight is 228 g/mol. The van der Waals surface area contributed by atoms with Crippen molar-refractivity contribution in [1.82, 2.24) is 9.80 Å². The number of likely N-dealkylation sites (N-methyl/N-ethyl adjacent to an activating group) is 1. The lowest BCUT2D eigenvalue weighted by molar-refractivity contribution is -0.147. The lowest BCUT2D eigenvalue weighted by Gasteiger charge is -2.31. The highest BCUT2D eigenvalue weighted by Gasteiger charge is 2.22. The first-order chi connectivity index (χ1) is 7.63. The Morgan fingerprint density at radius 3 is 2.81 bits per heavy atom. The number of amides is 1. The molecule has 1 aliphatic rings. The van der Waals surface area contributed by atoms with E-state index in [0.29, 0.717) is 19.7 Å². The van der Waals surface area contributed by atoms with Crippen LogP contribution < -0.4 is 0 Å². The normalized spacial score (nSPS) is 17.6.